The van der Waals surface area contributed by atoms with Crippen molar-refractivity contribution >= 4 is 23.4 Å². The van der Waals surface area contributed by atoms with Gasteiger partial charge in [0.2, 0.25) is 0 Å². The van der Waals surface area contributed by atoms with E-state index in [1.165, 1.54) is 11.2 Å². The van der Waals surface area contributed by atoms with Gasteiger partial charge in [-0.2, -0.15) is 13.2 Å². The Hall–Kier alpha value is -3.57. The number of piperidine rings is 1. The summed E-state index contributed by atoms with van der Waals surface area (Å²) < 4.78 is 51.8. The zero-order chi connectivity index (χ0) is 22.8. The van der Waals surface area contributed by atoms with Crippen molar-refractivity contribution in [3.63, 3.8) is 0 Å². The molecule has 1 saturated heterocycles. The van der Waals surface area contributed by atoms with E-state index in [0.29, 0.717) is 18.8 Å². The van der Waals surface area contributed by atoms with Gasteiger partial charge < -0.3 is 25.5 Å². The lowest BCUT2D eigenvalue weighted by atomic mass is 9.92. The third-order valence-electron chi connectivity index (χ3n) is 4.80. The molecule has 0 saturated carbocycles. The second-order valence-corrected chi connectivity index (χ2v) is 6.84. The standard InChI is InChI=1S/C17H17FN4O2.C2HF3O2/c18-14-10-22(16(23)13-6-3-9-24-13)8-7-17(14)20-12-5-2-1-4-11(12)15(19)21-17;3-2(4,5)1(6)7/h1-6,9,14,20H,7-8,10H2,(H2,19,21);(H,6,7). The molecule has 4 rings (SSSR count). The van der Waals surface area contributed by atoms with E-state index in [9.17, 15) is 22.4 Å². The van der Waals surface area contributed by atoms with Crippen LogP contribution in [0.15, 0.2) is 52.1 Å². The van der Waals surface area contributed by atoms with Crippen molar-refractivity contribution in [1.82, 2.24) is 4.90 Å². The maximum absolute atomic E-state index is 15.0. The number of aliphatic imine (C=N–C) groups is 1. The number of hydrogen-bond donors (Lipinski definition) is 3. The summed E-state index contributed by atoms with van der Waals surface area (Å²) in [6, 6.07) is 10.6. The van der Waals surface area contributed by atoms with Crippen LogP contribution in [0.25, 0.3) is 0 Å². The van der Waals surface area contributed by atoms with E-state index in [4.69, 9.17) is 20.1 Å². The highest BCUT2D eigenvalue weighted by molar-refractivity contribution is 6.04. The number of carboxylic acid groups (broad SMARTS) is 1. The summed E-state index contributed by atoms with van der Waals surface area (Å²) in [5.41, 5.74) is 6.44. The number of carbonyl (C=O) groups is 2. The molecule has 0 bridgehead atoms. The molecule has 8 nitrogen and oxygen atoms in total. The number of aliphatic carboxylic acids is 1. The number of amides is 1. The number of likely N-dealkylation sites (tertiary alicyclic amines) is 1. The summed E-state index contributed by atoms with van der Waals surface area (Å²) in [5, 5.41) is 10.3. The van der Waals surface area contributed by atoms with Crippen LogP contribution in [0.1, 0.15) is 22.5 Å². The van der Waals surface area contributed by atoms with Crippen LogP contribution in [0, 0.1) is 0 Å². The molecule has 4 N–H and O–H groups in total. The van der Waals surface area contributed by atoms with Crippen LogP contribution >= 0.6 is 0 Å². The molecule has 2 atom stereocenters. The Morgan fingerprint density at radius 1 is 1.26 bits per heavy atom. The number of rotatable bonds is 1. The average molecular weight is 442 g/mol. The molecule has 1 amide bonds. The molecule has 3 heterocycles. The lowest BCUT2D eigenvalue weighted by molar-refractivity contribution is -0.192. The summed E-state index contributed by atoms with van der Waals surface area (Å²) in [6.07, 6.45) is -4.71. The highest BCUT2D eigenvalue weighted by Crippen LogP contribution is 2.36. The predicted octanol–water partition coefficient (Wildman–Crippen LogP) is 2.62. The van der Waals surface area contributed by atoms with E-state index >= 15 is 0 Å². The summed E-state index contributed by atoms with van der Waals surface area (Å²) in [6.45, 7) is 0.303. The zero-order valence-electron chi connectivity index (χ0n) is 15.9. The van der Waals surface area contributed by atoms with Gasteiger partial charge in [-0.15, -0.1) is 0 Å². The van der Waals surface area contributed by atoms with Crippen LogP contribution in [-0.2, 0) is 4.79 Å². The van der Waals surface area contributed by atoms with Crippen LogP contribution in [0.2, 0.25) is 0 Å². The smallest absolute Gasteiger partial charge is 0.475 e. The Bertz CT molecular complexity index is 993. The number of para-hydroxylation sites is 1. The summed E-state index contributed by atoms with van der Waals surface area (Å²) in [4.78, 5) is 27.1. The van der Waals surface area contributed by atoms with E-state index in [1.54, 1.807) is 12.1 Å². The van der Waals surface area contributed by atoms with Crippen LogP contribution in [0.5, 0.6) is 0 Å². The van der Waals surface area contributed by atoms with Crippen molar-refractivity contribution in [2.45, 2.75) is 24.4 Å². The first-order chi connectivity index (χ1) is 14.5. The maximum atomic E-state index is 15.0. The molecule has 0 aliphatic carbocycles. The SMILES string of the molecule is NC1=NC2(CCN(C(=O)c3ccco3)CC2F)Nc2ccccc21.O=C(O)C(F)(F)F. The number of benzene rings is 1. The van der Waals surface area contributed by atoms with Crippen molar-refractivity contribution in [2.24, 2.45) is 10.7 Å². The number of nitrogens with one attached hydrogen (secondary N) is 1. The monoisotopic (exact) mass is 442 g/mol. The van der Waals surface area contributed by atoms with Gasteiger partial charge in [-0.25, -0.2) is 14.2 Å². The number of fused-ring (bicyclic) bond motifs is 1. The van der Waals surface area contributed by atoms with Gasteiger partial charge in [-0.1, -0.05) is 12.1 Å². The van der Waals surface area contributed by atoms with E-state index < -0.39 is 24.0 Å². The fourth-order valence-corrected chi connectivity index (χ4v) is 3.26. The zero-order valence-corrected chi connectivity index (χ0v) is 15.9. The number of furan rings is 1. The topological polar surface area (TPSA) is 121 Å². The molecule has 1 aromatic heterocycles. The van der Waals surface area contributed by atoms with Crippen LogP contribution in [0.4, 0.5) is 23.2 Å². The quantitative estimate of drug-likeness (QED) is 0.584. The van der Waals surface area contributed by atoms with Gasteiger partial charge in [0.25, 0.3) is 5.91 Å². The first-order valence-electron chi connectivity index (χ1n) is 9.03. The highest BCUT2D eigenvalue weighted by Gasteiger charge is 2.47. The molecule has 1 aromatic carbocycles. The number of hydrogen-bond acceptors (Lipinski definition) is 6. The number of halogens is 4. The van der Waals surface area contributed by atoms with Gasteiger partial charge in [0.05, 0.1) is 12.8 Å². The molecule has 0 radical (unpaired) electrons. The van der Waals surface area contributed by atoms with Gasteiger partial charge in [-0.05, 0) is 24.3 Å². The fourth-order valence-electron chi connectivity index (χ4n) is 3.26. The van der Waals surface area contributed by atoms with Gasteiger partial charge in [-0.3, -0.25) is 4.79 Å². The Labute approximate surface area is 173 Å². The molecule has 2 aromatic rings. The van der Waals surface area contributed by atoms with Gasteiger partial charge >= 0.3 is 12.1 Å². The summed E-state index contributed by atoms with van der Waals surface area (Å²) in [7, 11) is 0. The molecule has 1 fully saturated rings. The molecule has 2 aliphatic heterocycles. The Morgan fingerprint density at radius 3 is 2.52 bits per heavy atom. The minimum atomic E-state index is -5.08. The second kappa shape index (κ2) is 8.28. The molecule has 31 heavy (non-hydrogen) atoms. The van der Waals surface area contributed by atoms with Crippen molar-refractivity contribution in [1.29, 1.82) is 0 Å². The van der Waals surface area contributed by atoms with Crippen molar-refractivity contribution in [3.05, 3.63) is 54.0 Å². The molecule has 166 valence electrons. The third kappa shape index (κ3) is 4.62. The Kier molecular flexibility index (Phi) is 5.91. The first kappa shape index (κ1) is 22.1. The summed E-state index contributed by atoms with van der Waals surface area (Å²) in [5.74, 6) is -2.54. The minimum Gasteiger partial charge on any atom is -0.475 e. The van der Waals surface area contributed by atoms with E-state index in [-0.39, 0.29) is 18.2 Å². The Balaban J connectivity index is 0.000000339. The predicted molar refractivity (Wildman–Crippen MR) is 101 cm³/mol. The first-order valence-corrected chi connectivity index (χ1v) is 9.03. The normalized spacial score (nSPS) is 22.5. The minimum absolute atomic E-state index is 0.0640. The van der Waals surface area contributed by atoms with E-state index in [1.807, 2.05) is 24.3 Å². The molecular weight excluding hydrogens is 424 g/mol. The number of carboxylic acids is 1. The van der Waals surface area contributed by atoms with Gasteiger partial charge in [0.1, 0.15) is 5.84 Å². The van der Waals surface area contributed by atoms with Crippen LogP contribution < -0.4 is 11.1 Å². The van der Waals surface area contributed by atoms with Gasteiger partial charge in [0, 0.05) is 24.2 Å². The van der Waals surface area contributed by atoms with Crippen LogP contribution in [0.3, 0.4) is 0 Å². The highest BCUT2D eigenvalue weighted by atomic mass is 19.4. The van der Waals surface area contributed by atoms with E-state index in [0.717, 1.165) is 11.3 Å². The molecule has 1 spiro atoms. The van der Waals surface area contributed by atoms with Crippen molar-refractivity contribution < 1.29 is 36.7 Å². The van der Waals surface area contributed by atoms with Crippen LogP contribution in [-0.4, -0.2) is 58.8 Å². The molecule has 2 unspecified atom stereocenters. The molecular formula is C19H18F4N4O4. The third-order valence-corrected chi connectivity index (χ3v) is 4.80. The number of nitrogens with zero attached hydrogens (tertiary/aromatic N) is 2. The maximum Gasteiger partial charge on any atom is 0.490 e. The average Bonchev–Trinajstić information content (AvgIpc) is 3.24. The number of carbonyl (C=O) groups excluding carboxylic acids is 1. The van der Waals surface area contributed by atoms with Crippen molar-refractivity contribution in [3.8, 4) is 0 Å². The lowest BCUT2D eigenvalue weighted by Crippen LogP contribution is -2.59. The largest absolute Gasteiger partial charge is 0.490 e. The number of anilines is 1. The summed E-state index contributed by atoms with van der Waals surface area (Å²) >= 11 is 0. The van der Waals surface area contributed by atoms with Crippen molar-refractivity contribution in [2.75, 3.05) is 18.4 Å². The molecule has 12 heteroatoms. The van der Waals surface area contributed by atoms with E-state index in [2.05, 4.69) is 10.3 Å². The number of alkyl halides is 4. The molecule has 2 aliphatic rings. The lowest BCUT2D eigenvalue weighted by Gasteiger charge is -2.44. The number of nitrogens with two attached hydrogens (primary N) is 1. The fraction of sp³-hybridized carbons (Fsp3) is 0.316. The Morgan fingerprint density at radius 2 is 1.94 bits per heavy atom. The van der Waals surface area contributed by atoms with Gasteiger partial charge in [0.15, 0.2) is 17.6 Å². The number of amidine groups is 1. The second-order valence-electron chi connectivity index (χ2n) is 6.84.